The van der Waals surface area contributed by atoms with E-state index >= 15 is 0 Å². The van der Waals surface area contributed by atoms with Gasteiger partial charge in [0, 0.05) is 5.56 Å². The van der Waals surface area contributed by atoms with Crippen molar-refractivity contribution in [3.8, 4) is 6.07 Å². The molecule has 0 saturated heterocycles. The third-order valence-electron chi connectivity index (χ3n) is 2.54. The number of aliphatic hydroxyl groups is 1. The average Bonchev–Trinajstić information content (AvgIpc) is 2.82. The van der Waals surface area contributed by atoms with Crippen molar-refractivity contribution in [3.63, 3.8) is 0 Å². The van der Waals surface area contributed by atoms with Crippen LogP contribution in [-0.2, 0) is 6.54 Å². The summed E-state index contributed by atoms with van der Waals surface area (Å²) >= 11 is 0. The van der Waals surface area contributed by atoms with Crippen molar-refractivity contribution in [2.45, 2.75) is 6.54 Å². The fourth-order valence-electron chi connectivity index (χ4n) is 1.63. The number of nitrogens with one attached hydrogen (secondary N) is 1. The Morgan fingerprint density at radius 1 is 1.42 bits per heavy atom. The van der Waals surface area contributed by atoms with Crippen LogP contribution in [0.15, 0.2) is 36.5 Å². The van der Waals surface area contributed by atoms with E-state index in [4.69, 9.17) is 10.4 Å². The number of benzene rings is 1. The molecular formula is C13H12N4O2. The van der Waals surface area contributed by atoms with Gasteiger partial charge >= 0.3 is 0 Å². The van der Waals surface area contributed by atoms with E-state index in [1.807, 2.05) is 12.1 Å². The third kappa shape index (κ3) is 2.78. The molecule has 2 aromatic rings. The monoisotopic (exact) mass is 256 g/mol. The van der Waals surface area contributed by atoms with Gasteiger partial charge in [0.1, 0.15) is 17.5 Å². The van der Waals surface area contributed by atoms with Crippen LogP contribution >= 0.6 is 0 Å². The zero-order chi connectivity index (χ0) is 13.7. The molecule has 0 radical (unpaired) electrons. The molecule has 0 atom stereocenters. The molecule has 0 aliphatic rings. The highest BCUT2D eigenvalue weighted by Crippen LogP contribution is 2.15. The summed E-state index contributed by atoms with van der Waals surface area (Å²) in [5.41, 5.74) is 0.751. The topological polar surface area (TPSA) is 90.9 Å². The van der Waals surface area contributed by atoms with Crippen molar-refractivity contribution in [3.05, 3.63) is 47.7 Å². The van der Waals surface area contributed by atoms with E-state index in [1.54, 1.807) is 24.3 Å². The molecule has 0 unspecified atom stereocenters. The number of hydrogen-bond donors (Lipinski definition) is 2. The molecule has 1 aromatic carbocycles. The average molecular weight is 256 g/mol. The molecule has 0 fully saturated rings. The number of carbonyl (C=O) groups excluding carboxylic acids is 1. The Balaban J connectivity index is 2.26. The number of nitrogens with zero attached hydrogens (tertiary/aromatic N) is 3. The minimum absolute atomic E-state index is 0.124. The first-order valence-electron chi connectivity index (χ1n) is 5.69. The van der Waals surface area contributed by atoms with Gasteiger partial charge in [0.25, 0.3) is 5.91 Å². The second-order valence-electron chi connectivity index (χ2n) is 3.79. The number of rotatable bonds is 4. The van der Waals surface area contributed by atoms with Crippen LogP contribution in [-0.4, -0.2) is 27.4 Å². The number of anilines is 1. The van der Waals surface area contributed by atoms with E-state index in [0.29, 0.717) is 11.4 Å². The van der Waals surface area contributed by atoms with Gasteiger partial charge in [-0.2, -0.15) is 10.4 Å². The number of hydrogen-bond acceptors (Lipinski definition) is 4. The zero-order valence-corrected chi connectivity index (χ0v) is 10.1. The Bertz CT molecular complexity index is 613. The Kier molecular flexibility index (Phi) is 3.90. The molecule has 6 heteroatoms. The number of carbonyl (C=O) groups is 1. The SMILES string of the molecule is N#Cc1cnn(CCO)c1NC(=O)c1ccccc1. The third-order valence-corrected chi connectivity index (χ3v) is 2.54. The molecule has 0 aliphatic carbocycles. The van der Waals surface area contributed by atoms with E-state index in [9.17, 15) is 4.79 Å². The standard InChI is InChI=1S/C13H12N4O2/c14-8-11-9-15-17(6-7-18)12(11)16-13(19)10-4-2-1-3-5-10/h1-5,9,18H,6-7H2,(H,16,19). The number of nitriles is 1. The fourth-order valence-corrected chi connectivity index (χ4v) is 1.63. The highest BCUT2D eigenvalue weighted by atomic mass is 16.3. The van der Waals surface area contributed by atoms with E-state index < -0.39 is 0 Å². The molecule has 1 heterocycles. The van der Waals surface area contributed by atoms with Crippen LogP contribution in [0.25, 0.3) is 0 Å². The quantitative estimate of drug-likeness (QED) is 0.853. The zero-order valence-electron chi connectivity index (χ0n) is 10.1. The van der Waals surface area contributed by atoms with Crippen LogP contribution in [0.4, 0.5) is 5.82 Å². The van der Waals surface area contributed by atoms with E-state index in [2.05, 4.69) is 10.4 Å². The molecule has 1 amide bonds. The van der Waals surface area contributed by atoms with E-state index in [1.165, 1.54) is 10.9 Å². The predicted molar refractivity (Wildman–Crippen MR) is 68.4 cm³/mol. The van der Waals surface area contributed by atoms with Crippen LogP contribution in [0.3, 0.4) is 0 Å². The van der Waals surface area contributed by atoms with Crippen molar-refractivity contribution in [1.29, 1.82) is 5.26 Å². The van der Waals surface area contributed by atoms with Crippen molar-refractivity contribution in [2.24, 2.45) is 0 Å². The lowest BCUT2D eigenvalue weighted by molar-refractivity contribution is 0.102. The molecule has 1 aromatic heterocycles. The van der Waals surface area contributed by atoms with Crippen LogP contribution in [0.1, 0.15) is 15.9 Å². The maximum Gasteiger partial charge on any atom is 0.256 e. The smallest absolute Gasteiger partial charge is 0.256 e. The Morgan fingerprint density at radius 3 is 2.79 bits per heavy atom. The summed E-state index contributed by atoms with van der Waals surface area (Å²) in [6.07, 6.45) is 1.36. The summed E-state index contributed by atoms with van der Waals surface area (Å²) in [6, 6.07) is 10.6. The van der Waals surface area contributed by atoms with Gasteiger partial charge in [-0.1, -0.05) is 18.2 Å². The second kappa shape index (κ2) is 5.80. The number of aromatic nitrogens is 2. The Labute approximate surface area is 109 Å². The number of amides is 1. The predicted octanol–water partition coefficient (Wildman–Crippen LogP) is 0.999. The van der Waals surface area contributed by atoms with Gasteiger partial charge in [0.05, 0.1) is 19.3 Å². The van der Waals surface area contributed by atoms with Crippen LogP contribution in [0, 0.1) is 11.3 Å². The van der Waals surface area contributed by atoms with Gasteiger partial charge in [0.15, 0.2) is 0 Å². The van der Waals surface area contributed by atoms with Crippen LogP contribution in [0.5, 0.6) is 0 Å². The molecule has 96 valence electrons. The van der Waals surface area contributed by atoms with Gasteiger partial charge in [0.2, 0.25) is 0 Å². The molecular weight excluding hydrogens is 244 g/mol. The lowest BCUT2D eigenvalue weighted by Gasteiger charge is -2.08. The fraction of sp³-hybridized carbons (Fsp3) is 0.154. The lowest BCUT2D eigenvalue weighted by Crippen LogP contribution is -2.17. The van der Waals surface area contributed by atoms with Crippen molar-refractivity contribution >= 4 is 11.7 Å². The van der Waals surface area contributed by atoms with Crippen LogP contribution < -0.4 is 5.32 Å². The summed E-state index contributed by atoms with van der Waals surface area (Å²) in [5.74, 6) is -0.0257. The lowest BCUT2D eigenvalue weighted by atomic mass is 10.2. The van der Waals surface area contributed by atoms with Crippen molar-refractivity contribution in [2.75, 3.05) is 11.9 Å². The molecule has 6 nitrogen and oxygen atoms in total. The Morgan fingerprint density at radius 2 is 2.16 bits per heavy atom. The summed E-state index contributed by atoms with van der Waals surface area (Å²) in [7, 11) is 0. The van der Waals surface area contributed by atoms with Gasteiger partial charge in [-0.3, -0.25) is 4.79 Å². The normalized spacial score (nSPS) is 9.89. The molecule has 0 spiro atoms. The second-order valence-corrected chi connectivity index (χ2v) is 3.79. The molecule has 0 bridgehead atoms. The number of aliphatic hydroxyl groups excluding tert-OH is 1. The van der Waals surface area contributed by atoms with Gasteiger partial charge in [-0.05, 0) is 12.1 Å². The first-order valence-corrected chi connectivity index (χ1v) is 5.69. The first kappa shape index (κ1) is 12.8. The maximum absolute atomic E-state index is 12.0. The van der Waals surface area contributed by atoms with E-state index in [0.717, 1.165) is 0 Å². The highest BCUT2D eigenvalue weighted by molar-refractivity contribution is 6.04. The summed E-state index contributed by atoms with van der Waals surface area (Å²) < 4.78 is 1.39. The summed E-state index contributed by atoms with van der Waals surface area (Å²) in [5, 5.41) is 24.5. The van der Waals surface area contributed by atoms with Gasteiger partial charge in [-0.25, -0.2) is 4.68 Å². The molecule has 19 heavy (non-hydrogen) atoms. The molecule has 2 rings (SSSR count). The molecule has 2 N–H and O–H groups in total. The summed E-state index contributed by atoms with van der Waals surface area (Å²) in [4.78, 5) is 12.0. The Hall–Kier alpha value is -2.65. The largest absolute Gasteiger partial charge is 0.394 e. The molecule has 0 saturated carbocycles. The summed E-state index contributed by atoms with van der Waals surface area (Å²) in [6.45, 7) is 0.0901. The van der Waals surface area contributed by atoms with E-state index in [-0.39, 0.29) is 24.6 Å². The van der Waals surface area contributed by atoms with Gasteiger partial charge < -0.3 is 10.4 Å². The van der Waals surface area contributed by atoms with Gasteiger partial charge in [-0.15, -0.1) is 0 Å². The highest BCUT2D eigenvalue weighted by Gasteiger charge is 2.14. The van der Waals surface area contributed by atoms with Crippen LogP contribution in [0.2, 0.25) is 0 Å². The molecule has 0 aliphatic heterocycles. The minimum Gasteiger partial charge on any atom is -0.394 e. The first-order chi connectivity index (χ1) is 9.26. The van der Waals surface area contributed by atoms with Crippen molar-refractivity contribution in [1.82, 2.24) is 9.78 Å². The maximum atomic E-state index is 12.0. The van der Waals surface area contributed by atoms with Crippen molar-refractivity contribution < 1.29 is 9.90 Å². The minimum atomic E-state index is -0.322.